The molecule has 0 aliphatic rings. The monoisotopic (exact) mass is 313 g/mol. The van der Waals surface area contributed by atoms with Gasteiger partial charge in [-0.05, 0) is 48.2 Å². The maximum absolute atomic E-state index is 6.26. The summed E-state index contributed by atoms with van der Waals surface area (Å²) in [6.45, 7) is 1.96. The summed E-state index contributed by atoms with van der Waals surface area (Å²) in [5, 5.41) is 2.00. The molecule has 19 heavy (non-hydrogen) atoms. The van der Waals surface area contributed by atoms with Crippen molar-refractivity contribution in [1.82, 2.24) is 0 Å². The Morgan fingerprint density at radius 1 is 0.947 bits per heavy atom. The Morgan fingerprint density at radius 3 is 2.11 bits per heavy atom. The van der Waals surface area contributed by atoms with E-state index in [0.717, 1.165) is 21.7 Å². The number of halogens is 3. The van der Waals surface area contributed by atoms with E-state index in [9.17, 15) is 0 Å². The predicted molar refractivity (Wildman–Crippen MR) is 83.3 cm³/mol. The zero-order valence-corrected chi connectivity index (χ0v) is 12.7. The lowest BCUT2D eigenvalue weighted by atomic mass is 9.96. The van der Waals surface area contributed by atoms with Crippen molar-refractivity contribution in [3.05, 3.63) is 68.2 Å². The summed E-state index contributed by atoms with van der Waals surface area (Å²) in [4.78, 5) is 0. The maximum atomic E-state index is 6.26. The quantitative estimate of drug-likeness (QED) is 0.828. The highest BCUT2D eigenvalue weighted by molar-refractivity contribution is 6.36. The van der Waals surface area contributed by atoms with Gasteiger partial charge in [0, 0.05) is 21.1 Å². The van der Waals surface area contributed by atoms with E-state index in [0.29, 0.717) is 16.5 Å². The number of hydrogen-bond donors (Lipinski definition) is 1. The van der Waals surface area contributed by atoms with E-state index in [2.05, 4.69) is 0 Å². The first-order valence-electron chi connectivity index (χ1n) is 5.94. The number of nitrogens with two attached hydrogens (primary N) is 1. The largest absolute Gasteiger partial charge is 0.324 e. The highest BCUT2D eigenvalue weighted by Gasteiger charge is 2.15. The topological polar surface area (TPSA) is 26.0 Å². The zero-order chi connectivity index (χ0) is 14.0. The molecule has 0 radical (unpaired) electrons. The molecule has 0 saturated carbocycles. The highest BCUT2D eigenvalue weighted by atomic mass is 35.5. The van der Waals surface area contributed by atoms with Gasteiger partial charge < -0.3 is 5.73 Å². The van der Waals surface area contributed by atoms with E-state index in [4.69, 9.17) is 40.5 Å². The zero-order valence-electron chi connectivity index (χ0n) is 10.5. The molecule has 2 aromatic carbocycles. The lowest BCUT2D eigenvalue weighted by molar-refractivity contribution is 0.717. The van der Waals surface area contributed by atoms with Gasteiger partial charge in [-0.2, -0.15) is 0 Å². The first-order valence-corrected chi connectivity index (χ1v) is 7.07. The molecule has 2 aromatic rings. The van der Waals surface area contributed by atoms with Gasteiger partial charge in [0.15, 0.2) is 0 Å². The van der Waals surface area contributed by atoms with Gasteiger partial charge in [0.2, 0.25) is 0 Å². The molecule has 100 valence electrons. The molecule has 0 aromatic heterocycles. The molecule has 0 heterocycles. The predicted octanol–water partition coefficient (Wildman–Crippen LogP) is 5.20. The first-order chi connectivity index (χ1) is 9.00. The summed E-state index contributed by atoms with van der Waals surface area (Å²) in [7, 11) is 0. The molecule has 0 spiro atoms. The molecule has 0 aliphatic carbocycles. The first kappa shape index (κ1) is 14.7. The highest BCUT2D eigenvalue weighted by Crippen LogP contribution is 2.30. The lowest BCUT2D eigenvalue weighted by Gasteiger charge is -2.17. The van der Waals surface area contributed by atoms with Gasteiger partial charge in [0.05, 0.1) is 0 Å². The van der Waals surface area contributed by atoms with Crippen LogP contribution in [0.5, 0.6) is 0 Å². The Kier molecular flexibility index (Phi) is 4.75. The molecule has 4 heteroatoms. The summed E-state index contributed by atoms with van der Waals surface area (Å²) in [6.07, 6.45) is 0.583. The van der Waals surface area contributed by atoms with Gasteiger partial charge in [0.25, 0.3) is 0 Å². The molecule has 0 fully saturated rings. The van der Waals surface area contributed by atoms with Crippen LogP contribution in [0, 0.1) is 6.92 Å². The minimum absolute atomic E-state index is 0.184. The minimum atomic E-state index is -0.184. The molecule has 2 rings (SSSR count). The van der Waals surface area contributed by atoms with Crippen molar-refractivity contribution in [3.8, 4) is 0 Å². The standard InChI is InChI=1S/C15H14Cl3N/c1-9-10(4-2-5-12(9)16)15(19)8-11-13(17)6-3-7-14(11)18/h2-7,15H,8,19H2,1H3. The molecule has 0 bridgehead atoms. The van der Waals surface area contributed by atoms with E-state index < -0.39 is 0 Å². The normalized spacial score (nSPS) is 12.5. The van der Waals surface area contributed by atoms with Gasteiger partial charge >= 0.3 is 0 Å². The summed E-state index contributed by atoms with van der Waals surface area (Å²) in [5.74, 6) is 0. The fourth-order valence-electron chi connectivity index (χ4n) is 2.08. The third-order valence-electron chi connectivity index (χ3n) is 3.19. The van der Waals surface area contributed by atoms with E-state index in [1.165, 1.54) is 0 Å². The summed E-state index contributed by atoms with van der Waals surface area (Å²) in [5.41, 5.74) is 9.15. The molecular formula is C15H14Cl3N. The third-order valence-corrected chi connectivity index (χ3v) is 4.31. The van der Waals surface area contributed by atoms with Crippen molar-refractivity contribution < 1.29 is 0 Å². The third kappa shape index (κ3) is 3.24. The van der Waals surface area contributed by atoms with Crippen LogP contribution in [-0.2, 0) is 6.42 Å². The van der Waals surface area contributed by atoms with Crippen LogP contribution in [0.3, 0.4) is 0 Å². The fourth-order valence-corrected chi connectivity index (χ4v) is 2.82. The van der Waals surface area contributed by atoms with Gasteiger partial charge in [-0.15, -0.1) is 0 Å². The van der Waals surface area contributed by atoms with Crippen LogP contribution in [0.1, 0.15) is 22.7 Å². The molecule has 1 atom stereocenters. The van der Waals surface area contributed by atoms with Crippen LogP contribution >= 0.6 is 34.8 Å². The second-order valence-electron chi connectivity index (χ2n) is 4.46. The van der Waals surface area contributed by atoms with Crippen molar-refractivity contribution in [1.29, 1.82) is 0 Å². The maximum Gasteiger partial charge on any atom is 0.0453 e. The Balaban J connectivity index is 2.31. The smallest absolute Gasteiger partial charge is 0.0453 e. The van der Waals surface area contributed by atoms with Crippen LogP contribution in [0.2, 0.25) is 15.1 Å². The van der Waals surface area contributed by atoms with Crippen molar-refractivity contribution in [3.63, 3.8) is 0 Å². The second kappa shape index (κ2) is 6.15. The van der Waals surface area contributed by atoms with E-state index in [1.54, 1.807) is 0 Å². The van der Waals surface area contributed by atoms with Gasteiger partial charge in [-0.3, -0.25) is 0 Å². The van der Waals surface area contributed by atoms with E-state index in [1.807, 2.05) is 43.3 Å². The van der Waals surface area contributed by atoms with E-state index in [-0.39, 0.29) is 6.04 Å². The second-order valence-corrected chi connectivity index (χ2v) is 5.69. The molecule has 0 amide bonds. The van der Waals surface area contributed by atoms with Crippen LogP contribution in [-0.4, -0.2) is 0 Å². The van der Waals surface area contributed by atoms with Crippen molar-refractivity contribution in [2.24, 2.45) is 5.73 Å². The Morgan fingerprint density at radius 2 is 1.47 bits per heavy atom. The lowest BCUT2D eigenvalue weighted by Crippen LogP contribution is -2.15. The molecule has 0 aliphatic heterocycles. The molecule has 0 saturated heterocycles. The fraction of sp³-hybridized carbons (Fsp3) is 0.200. The Labute approximate surface area is 128 Å². The van der Waals surface area contributed by atoms with Crippen LogP contribution in [0.4, 0.5) is 0 Å². The SMILES string of the molecule is Cc1c(Cl)cccc1C(N)Cc1c(Cl)cccc1Cl. The minimum Gasteiger partial charge on any atom is -0.324 e. The van der Waals surface area contributed by atoms with Gasteiger partial charge in [-0.25, -0.2) is 0 Å². The van der Waals surface area contributed by atoms with Gasteiger partial charge in [-0.1, -0.05) is 53.0 Å². The van der Waals surface area contributed by atoms with Crippen molar-refractivity contribution >= 4 is 34.8 Å². The molecular weight excluding hydrogens is 301 g/mol. The van der Waals surface area contributed by atoms with Gasteiger partial charge in [0.1, 0.15) is 0 Å². The van der Waals surface area contributed by atoms with Crippen molar-refractivity contribution in [2.75, 3.05) is 0 Å². The molecule has 1 nitrogen and oxygen atoms in total. The Bertz CT molecular complexity index is 576. The number of hydrogen-bond acceptors (Lipinski definition) is 1. The van der Waals surface area contributed by atoms with E-state index >= 15 is 0 Å². The number of rotatable bonds is 3. The van der Waals surface area contributed by atoms with Crippen LogP contribution in [0.25, 0.3) is 0 Å². The van der Waals surface area contributed by atoms with Crippen LogP contribution in [0.15, 0.2) is 36.4 Å². The van der Waals surface area contributed by atoms with Crippen LogP contribution < -0.4 is 5.73 Å². The average Bonchev–Trinajstić information content (AvgIpc) is 2.37. The number of benzene rings is 2. The summed E-state index contributed by atoms with van der Waals surface area (Å²) in [6, 6.07) is 11.0. The summed E-state index contributed by atoms with van der Waals surface area (Å²) >= 11 is 18.4. The molecule has 2 N–H and O–H groups in total. The van der Waals surface area contributed by atoms with Crippen molar-refractivity contribution in [2.45, 2.75) is 19.4 Å². The summed E-state index contributed by atoms with van der Waals surface area (Å²) < 4.78 is 0. The molecule has 1 unspecified atom stereocenters. The average molecular weight is 315 g/mol. The Hall–Kier alpha value is -0.730.